The molecule has 4 nitrogen and oxygen atoms in total. The van der Waals surface area contributed by atoms with Gasteiger partial charge in [0.25, 0.3) is 0 Å². The zero-order valence-corrected chi connectivity index (χ0v) is 27.7. The van der Waals surface area contributed by atoms with E-state index in [0.717, 1.165) is 16.7 Å². The normalized spacial score (nSPS) is 11.6. The summed E-state index contributed by atoms with van der Waals surface area (Å²) in [7, 11) is 0. The molecule has 0 spiro atoms. The number of hydrogen-bond acceptors (Lipinski definition) is 4. The van der Waals surface area contributed by atoms with E-state index in [0.29, 0.717) is 17.5 Å². The van der Waals surface area contributed by atoms with Crippen molar-refractivity contribution in [1.82, 2.24) is 19.5 Å². The Kier molecular flexibility index (Phi) is 6.64. The summed E-state index contributed by atoms with van der Waals surface area (Å²) < 4.78 is 4.91. The van der Waals surface area contributed by atoms with Gasteiger partial charge in [0.2, 0.25) is 0 Å². The number of rotatable bonds is 5. The van der Waals surface area contributed by atoms with Crippen molar-refractivity contribution in [2.75, 3.05) is 0 Å². The average Bonchev–Trinajstić information content (AvgIpc) is 3.74. The first kappa shape index (κ1) is 28.6. The van der Waals surface area contributed by atoms with Crippen LogP contribution in [0.1, 0.15) is 0 Å². The van der Waals surface area contributed by atoms with Crippen LogP contribution in [0.4, 0.5) is 0 Å². The van der Waals surface area contributed by atoms with Crippen LogP contribution in [0.5, 0.6) is 0 Å². The number of aromatic nitrogens is 4. The molecule has 10 aromatic rings. The van der Waals surface area contributed by atoms with E-state index in [1.807, 2.05) is 72.0 Å². The van der Waals surface area contributed by atoms with Gasteiger partial charge in [0.05, 0.1) is 21.4 Å². The predicted octanol–water partition coefficient (Wildman–Crippen LogP) is 12.0. The first-order valence-electron chi connectivity index (χ1n) is 16.7. The van der Waals surface area contributed by atoms with Gasteiger partial charge in [-0.1, -0.05) is 127 Å². The Hall–Kier alpha value is -6.43. The van der Waals surface area contributed by atoms with Crippen molar-refractivity contribution in [3.63, 3.8) is 0 Å². The Morgan fingerprint density at radius 1 is 0.360 bits per heavy atom. The van der Waals surface area contributed by atoms with Crippen molar-refractivity contribution >= 4 is 53.3 Å². The van der Waals surface area contributed by atoms with Gasteiger partial charge in [0, 0.05) is 42.9 Å². The van der Waals surface area contributed by atoms with Gasteiger partial charge in [0.15, 0.2) is 17.5 Å². The largest absolute Gasteiger partial charge is 0.308 e. The van der Waals surface area contributed by atoms with Crippen LogP contribution in [-0.4, -0.2) is 19.5 Å². The molecule has 5 heteroatoms. The van der Waals surface area contributed by atoms with Crippen molar-refractivity contribution in [2.45, 2.75) is 0 Å². The highest BCUT2D eigenvalue weighted by Gasteiger charge is 2.18. The quantitative estimate of drug-likeness (QED) is 0.185. The molecule has 0 aliphatic rings. The molecule has 7 aromatic carbocycles. The highest BCUT2D eigenvalue weighted by atomic mass is 32.1. The molecule has 0 unspecified atom stereocenters. The molecule has 0 atom stereocenters. The van der Waals surface area contributed by atoms with Crippen LogP contribution < -0.4 is 0 Å². The Labute approximate surface area is 292 Å². The SMILES string of the molecule is c1ccc(-c2ccc3c(c2)c2ccccc2n3-c2cccc3c2sc2ccc(-c4nc(-c5ccccc5)nc(-c5ccccc5)n4)cc23)cc1. The number of hydrogen-bond donors (Lipinski definition) is 0. The molecule has 0 fully saturated rings. The summed E-state index contributed by atoms with van der Waals surface area (Å²) in [5, 5.41) is 4.91. The molecule has 0 aliphatic heterocycles. The smallest absolute Gasteiger partial charge is 0.164 e. The number of nitrogens with zero attached hydrogens (tertiary/aromatic N) is 4. The fourth-order valence-corrected chi connectivity index (χ4v) is 8.27. The zero-order chi connectivity index (χ0) is 33.0. The van der Waals surface area contributed by atoms with E-state index in [4.69, 9.17) is 15.0 Å². The van der Waals surface area contributed by atoms with Gasteiger partial charge < -0.3 is 4.57 Å². The molecule has 0 radical (unpaired) electrons. The fraction of sp³-hybridized carbons (Fsp3) is 0. The molecule has 10 rings (SSSR count). The number of para-hydroxylation sites is 1. The van der Waals surface area contributed by atoms with Crippen LogP contribution >= 0.6 is 11.3 Å². The van der Waals surface area contributed by atoms with Crippen LogP contribution in [0, 0.1) is 0 Å². The Balaban J connectivity index is 1.16. The third kappa shape index (κ3) is 4.71. The van der Waals surface area contributed by atoms with E-state index in [2.05, 4.69) is 114 Å². The second-order valence-electron chi connectivity index (χ2n) is 12.5. The van der Waals surface area contributed by atoms with Gasteiger partial charge in [-0.25, -0.2) is 15.0 Å². The van der Waals surface area contributed by atoms with E-state index >= 15 is 0 Å². The molecule has 3 aromatic heterocycles. The lowest BCUT2D eigenvalue weighted by atomic mass is 10.0. The summed E-state index contributed by atoms with van der Waals surface area (Å²) in [6.07, 6.45) is 0. The summed E-state index contributed by atoms with van der Waals surface area (Å²) in [5.41, 5.74) is 8.90. The van der Waals surface area contributed by atoms with Crippen LogP contribution in [-0.2, 0) is 0 Å². The van der Waals surface area contributed by atoms with Crippen molar-refractivity contribution in [3.05, 3.63) is 170 Å². The molecular formula is C45H28N4S. The van der Waals surface area contributed by atoms with E-state index in [1.54, 1.807) is 0 Å². The molecule has 0 N–H and O–H groups in total. The fourth-order valence-electron chi connectivity index (χ4n) is 7.08. The van der Waals surface area contributed by atoms with Crippen molar-refractivity contribution < 1.29 is 0 Å². The molecule has 0 bridgehead atoms. The standard InChI is InChI=1S/C45H28N4S/c1-4-13-29(14-5-1)32-23-25-39-36(27-32)34-19-10-11-21-38(34)49(39)40-22-12-20-35-37-28-33(24-26-41(37)50-42(35)40)45-47-43(30-15-6-2-7-16-30)46-44(48-45)31-17-8-3-9-18-31/h1-28H. The van der Waals surface area contributed by atoms with Crippen molar-refractivity contribution in [2.24, 2.45) is 0 Å². The monoisotopic (exact) mass is 656 g/mol. The van der Waals surface area contributed by atoms with Crippen LogP contribution in [0.25, 0.3) is 93.0 Å². The Morgan fingerprint density at radius 3 is 1.60 bits per heavy atom. The lowest BCUT2D eigenvalue weighted by Crippen LogP contribution is -2.00. The summed E-state index contributed by atoms with van der Waals surface area (Å²) in [4.78, 5) is 14.9. The predicted molar refractivity (Wildman–Crippen MR) is 209 cm³/mol. The first-order valence-corrected chi connectivity index (χ1v) is 17.5. The van der Waals surface area contributed by atoms with Gasteiger partial charge in [-0.15, -0.1) is 11.3 Å². The maximum atomic E-state index is 5.00. The minimum Gasteiger partial charge on any atom is -0.308 e. The van der Waals surface area contributed by atoms with Gasteiger partial charge in [-0.2, -0.15) is 0 Å². The summed E-state index contributed by atoms with van der Waals surface area (Å²) in [6, 6.07) is 59.7. The minimum absolute atomic E-state index is 0.659. The van der Waals surface area contributed by atoms with Crippen LogP contribution in [0.15, 0.2) is 170 Å². The maximum absolute atomic E-state index is 5.00. The number of benzene rings is 7. The van der Waals surface area contributed by atoms with Gasteiger partial charge >= 0.3 is 0 Å². The average molecular weight is 657 g/mol. The van der Waals surface area contributed by atoms with Gasteiger partial charge in [-0.05, 0) is 53.6 Å². The number of fused-ring (bicyclic) bond motifs is 6. The van der Waals surface area contributed by atoms with E-state index in [1.165, 1.54) is 58.8 Å². The lowest BCUT2D eigenvalue weighted by molar-refractivity contribution is 1.07. The maximum Gasteiger partial charge on any atom is 0.164 e. The molecule has 3 heterocycles. The Morgan fingerprint density at radius 2 is 0.900 bits per heavy atom. The Bertz CT molecular complexity index is 2800. The second-order valence-corrected chi connectivity index (χ2v) is 13.5. The summed E-state index contributed by atoms with van der Waals surface area (Å²) in [5.74, 6) is 1.98. The van der Waals surface area contributed by atoms with Crippen LogP contribution in [0.3, 0.4) is 0 Å². The topological polar surface area (TPSA) is 43.6 Å². The van der Waals surface area contributed by atoms with E-state index < -0.39 is 0 Å². The molecule has 0 saturated carbocycles. The lowest BCUT2D eigenvalue weighted by Gasteiger charge is -2.10. The molecule has 0 aliphatic carbocycles. The highest BCUT2D eigenvalue weighted by molar-refractivity contribution is 7.26. The van der Waals surface area contributed by atoms with Crippen molar-refractivity contribution in [1.29, 1.82) is 0 Å². The van der Waals surface area contributed by atoms with Crippen molar-refractivity contribution in [3.8, 4) is 51.0 Å². The molecule has 234 valence electrons. The van der Waals surface area contributed by atoms with Crippen LogP contribution in [0.2, 0.25) is 0 Å². The minimum atomic E-state index is 0.659. The van der Waals surface area contributed by atoms with E-state index in [9.17, 15) is 0 Å². The summed E-state index contributed by atoms with van der Waals surface area (Å²) in [6.45, 7) is 0. The molecule has 50 heavy (non-hydrogen) atoms. The summed E-state index contributed by atoms with van der Waals surface area (Å²) >= 11 is 1.83. The third-order valence-electron chi connectivity index (χ3n) is 9.45. The van der Waals surface area contributed by atoms with Gasteiger partial charge in [0.1, 0.15) is 0 Å². The highest BCUT2D eigenvalue weighted by Crippen LogP contribution is 2.42. The zero-order valence-electron chi connectivity index (χ0n) is 26.9. The first-order chi connectivity index (χ1) is 24.8. The molecule has 0 saturated heterocycles. The molecule has 0 amide bonds. The number of thiophene rings is 1. The van der Waals surface area contributed by atoms with Gasteiger partial charge in [-0.3, -0.25) is 0 Å². The molecular weight excluding hydrogens is 629 g/mol. The second kappa shape index (κ2) is 11.6. The third-order valence-corrected chi connectivity index (χ3v) is 10.7. The van der Waals surface area contributed by atoms with E-state index in [-0.39, 0.29) is 0 Å².